The molecule has 1 aliphatic rings. The van der Waals surface area contributed by atoms with Crippen molar-refractivity contribution in [3.8, 4) is 11.8 Å². The summed E-state index contributed by atoms with van der Waals surface area (Å²) in [7, 11) is -8.79. The summed E-state index contributed by atoms with van der Waals surface area (Å²) >= 11 is 0. The summed E-state index contributed by atoms with van der Waals surface area (Å²) in [5.41, 5.74) is -0.382. The van der Waals surface area contributed by atoms with Crippen LogP contribution < -0.4 is 9.86 Å². The van der Waals surface area contributed by atoms with Crippen molar-refractivity contribution >= 4 is 26.0 Å². The fraction of sp³-hybridized carbons (Fsp3) is 0.250. The standard InChI is InChI=1S/C20H20N2O6S2/c21-29(25,26)17-5-1-2-6-18(17)30(27,28)22-19(23)16-9-7-15(8-10-16)11-14-20(24)12-3-4-13-20/h1-2,5-10,24H,3-4,12-13H2,(H,22,23)(H2,21,25,26). The van der Waals surface area contributed by atoms with E-state index < -0.39 is 41.3 Å². The number of primary sulfonamides is 1. The molecule has 0 heterocycles. The van der Waals surface area contributed by atoms with Gasteiger partial charge in [-0.1, -0.05) is 24.0 Å². The van der Waals surface area contributed by atoms with Crippen molar-refractivity contribution in [3.63, 3.8) is 0 Å². The van der Waals surface area contributed by atoms with E-state index in [9.17, 15) is 26.7 Å². The lowest BCUT2D eigenvalue weighted by molar-refractivity contribution is 0.0981. The SMILES string of the molecule is NS(=O)(=O)c1ccccc1S(=O)(=O)NC(=O)c1ccc(C#CC2(O)CCCC2)cc1. The van der Waals surface area contributed by atoms with E-state index in [4.69, 9.17) is 5.14 Å². The second-order valence-electron chi connectivity index (χ2n) is 6.99. The van der Waals surface area contributed by atoms with Crippen molar-refractivity contribution in [2.24, 2.45) is 5.14 Å². The van der Waals surface area contributed by atoms with Crippen LogP contribution in [-0.4, -0.2) is 33.5 Å². The molecule has 1 fully saturated rings. The Morgan fingerprint density at radius 2 is 1.53 bits per heavy atom. The van der Waals surface area contributed by atoms with Gasteiger partial charge < -0.3 is 5.11 Å². The molecule has 0 saturated heterocycles. The van der Waals surface area contributed by atoms with Crippen molar-refractivity contribution in [2.45, 2.75) is 41.1 Å². The van der Waals surface area contributed by atoms with E-state index in [0.717, 1.165) is 25.0 Å². The topological polar surface area (TPSA) is 144 Å². The number of nitrogens with two attached hydrogens (primary N) is 1. The summed E-state index contributed by atoms with van der Waals surface area (Å²) < 4.78 is 50.2. The van der Waals surface area contributed by atoms with Crippen LogP contribution in [0, 0.1) is 11.8 Å². The molecule has 158 valence electrons. The van der Waals surface area contributed by atoms with E-state index in [0.29, 0.717) is 18.4 Å². The molecule has 0 aromatic heterocycles. The predicted octanol–water partition coefficient (Wildman–Crippen LogP) is 1.11. The number of hydrogen-bond acceptors (Lipinski definition) is 6. The molecular formula is C20H20N2O6S2. The van der Waals surface area contributed by atoms with Gasteiger partial charge in [-0.15, -0.1) is 0 Å². The van der Waals surface area contributed by atoms with Gasteiger partial charge in [0.15, 0.2) is 0 Å². The van der Waals surface area contributed by atoms with Crippen LogP contribution in [0.4, 0.5) is 0 Å². The maximum atomic E-state index is 12.5. The predicted molar refractivity (Wildman–Crippen MR) is 109 cm³/mol. The summed E-state index contributed by atoms with van der Waals surface area (Å²) in [5, 5.41) is 15.3. The molecule has 1 amide bonds. The van der Waals surface area contributed by atoms with E-state index >= 15 is 0 Å². The minimum absolute atomic E-state index is 0.0387. The second kappa shape index (κ2) is 8.20. The van der Waals surface area contributed by atoms with Crippen LogP contribution in [-0.2, 0) is 20.0 Å². The Hall–Kier alpha value is -2.71. The summed E-state index contributed by atoms with van der Waals surface area (Å²) in [6, 6.07) is 10.6. The first kappa shape index (κ1) is 22.0. The summed E-state index contributed by atoms with van der Waals surface area (Å²) in [6.45, 7) is 0. The second-order valence-corrected chi connectivity index (χ2v) is 10.2. The highest BCUT2D eigenvalue weighted by Gasteiger charge is 2.28. The van der Waals surface area contributed by atoms with Crippen LogP contribution in [0.3, 0.4) is 0 Å². The Kier molecular flexibility index (Phi) is 6.01. The minimum atomic E-state index is -4.48. The van der Waals surface area contributed by atoms with Crippen LogP contribution >= 0.6 is 0 Å². The summed E-state index contributed by atoms with van der Waals surface area (Å²) in [4.78, 5) is 11.1. The van der Waals surface area contributed by atoms with Gasteiger partial charge in [0.25, 0.3) is 15.9 Å². The summed E-state index contributed by atoms with van der Waals surface area (Å²) in [6.07, 6.45) is 3.09. The maximum absolute atomic E-state index is 12.5. The van der Waals surface area contributed by atoms with E-state index in [1.807, 2.05) is 4.72 Å². The molecular weight excluding hydrogens is 428 g/mol. The first-order valence-electron chi connectivity index (χ1n) is 9.05. The van der Waals surface area contributed by atoms with Crippen molar-refractivity contribution in [2.75, 3.05) is 0 Å². The number of nitrogens with one attached hydrogen (secondary N) is 1. The fourth-order valence-corrected chi connectivity index (χ4v) is 5.48. The third-order valence-corrected chi connectivity index (χ3v) is 7.18. The molecule has 2 aromatic rings. The molecule has 0 aliphatic heterocycles. The lowest BCUT2D eigenvalue weighted by Crippen LogP contribution is -2.32. The first-order valence-corrected chi connectivity index (χ1v) is 12.1. The quantitative estimate of drug-likeness (QED) is 0.598. The van der Waals surface area contributed by atoms with E-state index in [1.54, 1.807) is 0 Å². The fourth-order valence-electron chi connectivity index (χ4n) is 3.12. The van der Waals surface area contributed by atoms with Crippen LogP contribution in [0.5, 0.6) is 0 Å². The molecule has 1 aliphatic carbocycles. The van der Waals surface area contributed by atoms with Gasteiger partial charge in [-0.2, -0.15) is 0 Å². The first-order chi connectivity index (χ1) is 14.0. The highest BCUT2D eigenvalue weighted by Crippen LogP contribution is 2.28. The van der Waals surface area contributed by atoms with E-state index in [1.165, 1.54) is 36.4 Å². The molecule has 0 atom stereocenters. The Balaban J connectivity index is 1.79. The van der Waals surface area contributed by atoms with Crippen molar-refractivity contribution in [3.05, 3.63) is 59.7 Å². The van der Waals surface area contributed by atoms with Crippen molar-refractivity contribution < 1.29 is 26.7 Å². The van der Waals surface area contributed by atoms with Gasteiger partial charge in [-0.25, -0.2) is 26.7 Å². The van der Waals surface area contributed by atoms with Gasteiger partial charge in [0.2, 0.25) is 10.0 Å². The molecule has 3 rings (SSSR count). The van der Waals surface area contributed by atoms with Gasteiger partial charge in [-0.05, 0) is 62.1 Å². The lowest BCUT2D eigenvalue weighted by Gasteiger charge is -2.12. The normalized spacial score (nSPS) is 15.8. The van der Waals surface area contributed by atoms with Crippen molar-refractivity contribution in [1.29, 1.82) is 0 Å². The zero-order chi connectivity index (χ0) is 22.0. The molecule has 8 nitrogen and oxygen atoms in total. The number of carbonyl (C=O) groups excluding carboxylic acids is 1. The maximum Gasteiger partial charge on any atom is 0.265 e. The number of rotatable bonds is 4. The highest BCUT2D eigenvalue weighted by molar-refractivity contribution is 7.92. The van der Waals surface area contributed by atoms with Gasteiger partial charge >= 0.3 is 0 Å². The number of aliphatic hydroxyl groups is 1. The van der Waals surface area contributed by atoms with Gasteiger partial charge in [-0.3, -0.25) is 4.79 Å². The molecule has 1 saturated carbocycles. The zero-order valence-corrected chi connectivity index (χ0v) is 17.5. The number of carbonyl (C=O) groups is 1. The lowest BCUT2D eigenvalue weighted by atomic mass is 10.0. The third-order valence-electron chi connectivity index (χ3n) is 4.69. The van der Waals surface area contributed by atoms with Crippen molar-refractivity contribution in [1.82, 2.24) is 4.72 Å². The Morgan fingerprint density at radius 3 is 2.10 bits per heavy atom. The van der Waals surface area contributed by atoms with E-state index in [2.05, 4.69) is 11.8 Å². The number of amides is 1. The van der Waals surface area contributed by atoms with Crippen LogP contribution in [0.25, 0.3) is 0 Å². The largest absolute Gasteiger partial charge is 0.378 e. The summed E-state index contributed by atoms with van der Waals surface area (Å²) in [5.74, 6) is 4.77. The third kappa shape index (κ3) is 5.06. The number of sulfonamides is 2. The monoisotopic (exact) mass is 448 g/mol. The Labute approximate surface area is 175 Å². The van der Waals surface area contributed by atoms with Gasteiger partial charge in [0.05, 0.1) is 0 Å². The van der Waals surface area contributed by atoms with E-state index in [-0.39, 0.29) is 5.56 Å². The molecule has 0 radical (unpaired) electrons. The molecule has 2 aromatic carbocycles. The van der Waals surface area contributed by atoms with Crippen LogP contribution in [0.15, 0.2) is 58.3 Å². The molecule has 30 heavy (non-hydrogen) atoms. The molecule has 0 bridgehead atoms. The molecule has 10 heteroatoms. The Morgan fingerprint density at radius 1 is 0.967 bits per heavy atom. The zero-order valence-electron chi connectivity index (χ0n) is 15.8. The van der Waals surface area contributed by atoms with Gasteiger partial charge in [0.1, 0.15) is 15.4 Å². The molecule has 0 spiro atoms. The number of hydrogen-bond donors (Lipinski definition) is 3. The average molecular weight is 449 g/mol. The van der Waals surface area contributed by atoms with Crippen LogP contribution in [0.1, 0.15) is 41.6 Å². The molecule has 4 N–H and O–H groups in total. The smallest absolute Gasteiger partial charge is 0.265 e. The molecule has 0 unspecified atom stereocenters. The van der Waals surface area contributed by atoms with Gasteiger partial charge in [0, 0.05) is 11.1 Å². The average Bonchev–Trinajstić information content (AvgIpc) is 3.13. The van der Waals surface area contributed by atoms with Crippen LogP contribution in [0.2, 0.25) is 0 Å². The Bertz CT molecular complexity index is 1230. The highest BCUT2D eigenvalue weighted by atomic mass is 32.2. The minimum Gasteiger partial charge on any atom is -0.378 e. The number of benzene rings is 2.